The van der Waals surface area contributed by atoms with Gasteiger partial charge in [-0.2, -0.15) is 0 Å². The van der Waals surface area contributed by atoms with Crippen molar-refractivity contribution in [2.45, 2.75) is 6.42 Å². The lowest BCUT2D eigenvalue weighted by atomic mass is 10.1. The van der Waals surface area contributed by atoms with Crippen LogP contribution in [0.5, 0.6) is 0 Å². The van der Waals surface area contributed by atoms with E-state index in [2.05, 4.69) is 4.74 Å². The van der Waals surface area contributed by atoms with E-state index < -0.39 is 0 Å². The molecule has 0 atom stereocenters. The summed E-state index contributed by atoms with van der Waals surface area (Å²) in [5, 5.41) is 0.554. The lowest BCUT2D eigenvalue weighted by molar-refractivity contribution is 0.0600. The van der Waals surface area contributed by atoms with E-state index in [1.807, 2.05) is 0 Å². The molecule has 0 heterocycles. The Bertz CT molecular complexity index is 342. The Labute approximate surface area is 100.0 Å². The first-order chi connectivity index (χ1) is 6.69. The zero-order valence-corrected chi connectivity index (χ0v) is 9.90. The standard InChI is InChI=1S/C10H12ClNO2.ClH/c1-14-10(13)8-3-2-7(4-5-12)9(11)6-8;/h2-3,6H,4-5,12H2,1H3;1H. The average Bonchev–Trinajstić information content (AvgIpc) is 2.20. The minimum Gasteiger partial charge on any atom is -0.465 e. The van der Waals surface area contributed by atoms with Crippen LogP contribution in [-0.2, 0) is 11.2 Å². The third kappa shape index (κ3) is 3.70. The summed E-state index contributed by atoms with van der Waals surface area (Å²) in [6, 6.07) is 5.07. The number of benzene rings is 1. The molecular weight excluding hydrogens is 237 g/mol. The second-order valence-electron chi connectivity index (χ2n) is 2.84. The number of methoxy groups -OCH3 is 1. The summed E-state index contributed by atoms with van der Waals surface area (Å²) in [5.74, 6) is -0.383. The number of hydrogen-bond donors (Lipinski definition) is 1. The molecule has 15 heavy (non-hydrogen) atoms. The van der Waals surface area contributed by atoms with Gasteiger partial charge in [-0.3, -0.25) is 0 Å². The molecule has 1 aromatic carbocycles. The predicted molar refractivity (Wildman–Crippen MR) is 62.8 cm³/mol. The number of rotatable bonds is 3. The van der Waals surface area contributed by atoms with Gasteiger partial charge in [-0.1, -0.05) is 17.7 Å². The summed E-state index contributed by atoms with van der Waals surface area (Å²) in [5.41, 5.74) is 6.81. The van der Waals surface area contributed by atoms with Crippen LogP contribution in [0.3, 0.4) is 0 Å². The SMILES string of the molecule is COC(=O)c1ccc(CCN)c(Cl)c1.Cl. The third-order valence-electron chi connectivity index (χ3n) is 1.89. The molecular formula is C10H13Cl2NO2. The summed E-state index contributed by atoms with van der Waals surface area (Å²) in [6.45, 7) is 0.539. The first-order valence-electron chi connectivity index (χ1n) is 4.26. The monoisotopic (exact) mass is 249 g/mol. The van der Waals surface area contributed by atoms with Gasteiger partial charge in [0, 0.05) is 5.02 Å². The van der Waals surface area contributed by atoms with Gasteiger partial charge in [-0.15, -0.1) is 12.4 Å². The highest BCUT2D eigenvalue weighted by molar-refractivity contribution is 6.31. The number of nitrogens with two attached hydrogens (primary N) is 1. The largest absolute Gasteiger partial charge is 0.465 e. The van der Waals surface area contributed by atoms with E-state index in [1.54, 1.807) is 18.2 Å². The van der Waals surface area contributed by atoms with Gasteiger partial charge in [0.2, 0.25) is 0 Å². The molecule has 0 saturated heterocycles. The molecule has 0 saturated carbocycles. The molecule has 0 unspecified atom stereocenters. The molecule has 84 valence electrons. The Hall–Kier alpha value is -0.770. The van der Waals surface area contributed by atoms with Crippen molar-refractivity contribution in [2.24, 2.45) is 5.73 Å². The fraction of sp³-hybridized carbons (Fsp3) is 0.300. The fourth-order valence-corrected chi connectivity index (χ4v) is 1.43. The fourth-order valence-electron chi connectivity index (χ4n) is 1.15. The molecule has 0 spiro atoms. The van der Waals surface area contributed by atoms with Crippen LogP contribution in [0.25, 0.3) is 0 Å². The van der Waals surface area contributed by atoms with Crippen LogP contribution < -0.4 is 5.73 Å². The molecule has 1 rings (SSSR count). The molecule has 0 aliphatic rings. The van der Waals surface area contributed by atoms with Crippen molar-refractivity contribution in [3.8, 4) is 0 Å². The molecule has 0 aromatic heterocycles. The van der Waals surface area contributed by atoms with Crippen molar-refractivity contribution in [3.63, 3.8) is 0 Å². The summed E-state index contributed by atoms with van der Waals surface area (Å²) in [4.78, 5) is 11.1. The highest BCUT2D eigenvalue weighted by Gasteiger charge is 2.07. The third-order valence-corrected chi connectivity index (χ3v) is 2.24. The van der Waals surface area contributed by atoms with Crippen molar-refractivity contribution in [2.75, 3.05) is 13.7 Å². The van der Waals surface area contributed by atoms with Gasteiger partial charge >= 0.3 is 5.97 Å². The molecule has 2 N–H and O–H groups in total. The number of ether oxygens (including phenoxy) is 1. The summed E-state index contributed by atoms with van der Waals surface area (Å²) in [6.07, 6.45) is 0.709. The quantitative estimate of drug-likeness (QED) is 0.835. The van der Waals surface area contributed by atoms with Crippen LogP contribution in [0.2, 0.25) is 5.02 Å². The van der Waals surface area contributed by atoms with Crippen molar-refractivity contribution in [1.82, 2.24) is 0 Å². The second-order valence-corrected chi connectivity index (χ2v) is 3.24. The molecule has 0 aliphatic heterocycles. The molecule has 0 bridgehead atoms. The van der Waals surface area contributed by atoms with Crippen molar-refractivity contribution in [3.05, 3.63) is 34.3 Å². The van der Waals surface area contributed by atoms with E-state index in [4.69, 9.17) is 17.3 Å². The van der Waals surface area contributed by atoms with Crippen LogP contribution in [0.4, 0.5) is 0 Å². The minimum absolute atomic E-state index is 0. The van der Waals surface area contributed by atoms with E-state index in [0.717, 1.165) is 5.56 Å². The highest BCUT2D eigenvalue weighted by Crippen LogP contribution is 2.18. The zero-order chi connectivity index (χ0) is 10.6. The summed E-state index contributed by atoms with van der Waals surface area (Å²) >= 11 is 5.95. The number of hydrogen-bond acceptors (Lipinski definition) is 3. The Morgan fingerprint density at radius 2 is 2.20 bits per heavy atom. The van der Waals surface area contributed by atoms with Crippen LogP contribution in [0, 0.1) is 0 Å². The van der Waals surface area contributed by atoms with Crippen molar-refractivity contribution in [1.29, 1.82) is 0 Å². The molecule has 0 aliphatic carbocycles. The average molecular weight is 250 g/mol. The topological polar surface area (TPSA) is 52.3 Å². The number of carbonyl (C=O) groups excluding carboxylic acids is 1. The number of carbonyl (C=O) groups is 1. The Morgan fingerprint density at radius 1 is 1.53 bits per heavy atom. The zero-order valence-electron chi connectivity index (χ0n) is 8.33. The van der Waals surface area contributed by atoms with Crippen LogP contribution in [-0.4, -0.2) is 19.6 Å². The van der Waals surface area contributed by atoms with Gasteiger partial charge in [-0.05, 0) is 30.7 Å². The first kappa shape index (κ1) is 14.2. The highest BCUT2D eigenvalue weighted by atomic mass is 35.5. The smallest absolute Gasteiger partial charge is 0.337 e. The molecule has 0 amide bonds. The predicted octanol–water partition coefficient (Wildman–Crippen LogP) is 2.05. The summed E-state index contributed by atoms with van der Waals surface area (Å²) in [7, 11) is 1.34. The maximum atomic E-state index is 11.1. The number of esters is 1. The normalized spacial score (nSPS) is 9.27. The molecule has 3 nitrogen and oxygen atoms in total. The lowest BCUT2D eigenvalue weighted by Crippen LogP contribution is -2.05. The van der Waals surface area contributed by atoms with Crippen LogP contribution >= 0.6 is 24.0 Å². The molecule has 0 radical (unpaired) electrons. The van der Waals surface area contributed by atoms with Gasteiger partial charge in [0.05, 0.1) is 12.7 Å². The van der Waals surface area contributed by atoms with E-state index in [9.17, 15) is 4.79 Å². The number of halogens is 2. The first-order valence-corrected chi connectivity index (χ1v) is 4.63. The van der Waals surface area contributed by atoms with E-state index in [1.165, 1.54) is 7.11 Å². The van der Waals surface area contributed by atoms with E-state index in [-0.39, 0.29) is 18.4 Å². The molecule has 0 fully saturated rings. The summed E-state index contributed by atoms with van der Waals surface area (Å²) < 4.78 is 4.57. The van der Waals surface area contributed by atoms with Crippen molar-refractivity contribution >= 4 is 30.0 Å². The van der Waals surface area contributed by atoms with Gasteiger partial charge in [0.1, 0.15) is 0 Å². The van der Waals surface area contributed by atoms with Gasteiger partial charge in [0.15, 0.2) is 0 Å². The Morgan fingerprint density at radius 3 is 2.67 bits per heavy atom. The second kappa shape index (κ2) is 6.67. The maximum Gasteiger partial charge on any atom is 0.337 e. The maximum absolute atomic E-state index is 11.1. The Kier molecular flexibility index (Phi) is 6.32. The van der Waals surface area contributed by atoms with Crippen LogP contribution in [0.15, 0.2) is 18.2 Å². The van der Waals surface area contributed by atoms with E-state index in [0.29, 0.717) is 23.6 Å². The van der Waals surface area contributed by atoms with Crippen molar-refractivity contribution < 1.29 is 9.53 Å². The van der Waals surface area contributed by atoms with Gasteiger partial charge in [0.25, 0.3) is 0 Å². The molecule has 1 aromatic rings. The van der Waals surface area contributed by atoms with E-state index >= 15 is 0 Å². The van der Waals surface area contributed by atoms with Crippen LogP contribution in [0.1, 0.15) is 15.9 Å². The lowest BCUT2D eigenvalue weighted by Gasteiger charge is -2.04. The molecule has 5 heteroatoms. The van der Waals surface area contributed by atoms with Gasteiger partial charge in [-0.25, -0.2) is 4.79 Å². The Balaban J connectivity index is 0.00000196. The van der Waals surface area contributed by atoms with Gasteiger partial charge < -0.3 is 10.5 Å². The minimum atomic E-state index is -0.383.